The number of ether oxygens (including phenoxy) is 3. The Hall–Kier alpha value is -3.21. The van der Waals surface area contributed by atoms with E-state index < -0.39 is 28.5 Å². The minimum atomic E-state index is -3.61. The number of esters is 1. The zero-order chi connectivity index (χ0) is 23.7. The molecule has 1 amide bonds. The second-order valence-electron chi connectivity index (χ2n) is 7.00. The van der Waals surface area contributed by atoms with E-state index in [1.807, 2.05) is 19.1 Å². The lowest BCUT2D eigenvalue weighted by Crippen LogP contribution is -2.40. The first-order valence-electron chi connectivity index (χ1n) is 10.4. The van der Waals surface area contributed by atoms with Gasteiger partial charge in [-0.2, -0.15) is 4.31 Å². The van der Waals surface area contributed by atoms with Crippen LogP contribution in [0.3, 0.4) is 0 Å². The van der Waals surface area contributed by atoms with Gasteiger partial charge in [-0.15, -0.1) is 0 Å². The Kier molecular flexibility index (Phi) is 8.58. The minimum Gasteiger partial charge on any atom is -0.493 e. The number of carbonyl (C=O) groups is 2. The predicted octanol–water partition coefficient (Wildman–Crippen LogP) is 2.30. The Bertz CT molecular complexity index is 1090. The number of amides is 1. The summed E-state index contributed by atoms with van der Waals surface area (Å²) in [6.45, 7) is 3.21. The molecule has 9 nitrogen and oxygen atoms in total. The zero-order valence-electron chi connectivity index (χ0n) is 18.2. The minimum absolute atomic E-state index is 0.131. The third-order valence-electron chi connectivity index (χ3n) is 4.71. The van der Waals surface area contributed by atoms with Crippen molar-refractivity contribution in [1.82, 2.24) is 4.31 Å². The van der Waals surface area contributed by atoms with E-state index in [9.17, 15) is 18.0 Å². The van der Waals surface area contributed by atoms with Crippen LogP contribution in [0.4, 0.5) is 5.69 Å². The van der Waals surface area contributed by atoms with Crippen LogP contribution in [0.15, 0.2) is 59.5 Å². The molecule has 0 bridgehead atoms. The molecule has 2 aromatic carbocycles. The van der Waals surface area contributed by atoms with Crippen LogP contribution >= 0.6 is 0 Å². The van der Waals surface area contributed by atoms with E-state index in [2.05, 4.69) is 5.32 Å². The van der Waals surface area contributed by atoms with Gasteiger partial charge in [0.1, 0.15) is 5.75 Å². The lowest BCUT2D eigenvalue weighted by molar-refractivity contribution is -0.142. The van der Waals surface area contributed by atoms with Gasteiger partial charge in [0.2, 0.25) is 10.0 Å². The van der Waals surface area contributed by atoms with Crippen LogP contribution in [0, 0.1) is 0 Å². The maximum absolute atomic E-state index is 12.6. The Morgan fingerprint density at radius 3 is 2.48 bits per heavy atom. The average Bonchev–Trinajstić information content (AvgIpc) is 2.83. The van der Waals surface area contributed by atoms with Crippen molar-refractivity contribution in [3.05, 3.63) is 60.2 Å². The first-order chi connectivity index (χ1) is 15.9. The second-order valence-corrected chi connectivity index (χ2v) is 8.94. The molecule has 1 aliphatic rings. The molecule has 1 aliphatic heterocycles. The van der Waals surface area contributed by atoms with Crippen molar-refractivity contribution in [2.75, 3.05) is 44.8 Å². The van der Waals surface area contributed by atoms with Crippen molar-refractivity contribution in [1.29, 1.82) is 0 Å². The second kappa shape index (κ2) is 11.6. The summed E-state index contributed by atoms with van der Waals surface area (Å²) in [7, 11) is -3.61. The van der Waals surface area contributed by atoms with E-state index >= 15 is 0 Å². The SMILES string of the molecule is CCOc1ccccc1/C=C/C(=O)OCC(=O)Nc1ccc(S(=O)(=O)N2CCOCC2)cc1. The monoisotopic (exact) mass is 474 g/mol. The van der Waals surface area contributed by atoms with Gasteiger partial charge in [-0.3, -0.25) is 4.79 Å². The molecule has 0 saturated carbocycles. The fourth-order valence-corrected chi connectivity index (χ4v) is 4.50. The van der Waals surface area contributed by atoms with Crippen LogP contribution in [0.1, 0.15) is 12.5 Å². The highest BCUT2D eigenvalue weighted by Crippen LogP contribution is 2.20. The van der Waals surface area contributed by atoms with E-state index in [0.29, 0.717) is 49.9 Å². The molecule has 10 heteroatoms. The van der Waals surface area contributed by atoms with Gasteiger partial charge < -0.3 is 19.5 Å². The summed E-state index contributed by atoms with van der Waals surface area (Å²) >= 11 is 0. The first kappa shape index (κ1) is 24.4. The molecule has 33 heavy (non-hydrogen) atoms. The van der Waals surface area contributed by atoms with E-state index in [1.54, 1.807) is 18.2 Å². The number of nitrogens with one attached hydrogen (secondary N) is 1. The van der Waals surface area contributed by atoms with Crippen LogP contribution in [0.25, 0.3) is 6.08 Å². The van der Waals surface area contributed by atoms with Crippen LogP contribution in [-0.4, -0.2) is 64.1 Å². The fraction of sp³-hybridized carbons (Fsp3) is 0.304. The van der Waals surface area contributed by atoms with E-state index in [1.165, 1.54) is 34.6 Å². The topological polar surface area (TPSA) is 111 Å². The van der Waals surface area contributed by atoms with Gasteiger partial charge in [-0.05, 0) is 43.3 Å². The van der Waals surface area contributed by atoms with Gasteiger partial charge in [0, 0.05) is 30.4 Å². The van der Waals surface area contributed by atoms with Crippen molar-refractivity contribution in [3.63, 3.8) is 0 Å². The largest absolute Gasteiger partial charge is 0.493 e. The summed E-state index contributed by atoms with van der Waals surface area (Å²) < 4.78 is 42.3. The van der Waals surface area contributed by atoms with Crippen molar-refractivity contribution in [2.45, 2.75) is 11.8 Å². The van der Waals surface area contributed by atoms with E-state index in [-0.39, 0.29) is 4.90 Å². The number of hydrogen-bond donors (Lipinski definition) is 1. The number of sulfonamides is 1. The number of nitrogens with zero attached hydrogens (tertiary/aromatic N) is 1. The lowest BCUT2D eigenvalue weighted by Gasteiger charge is -2.26. The third kappa shape index (κ3) is 6.88. The normalized spacial score (nSPS) is 14.7. The Balaban J connectivity index is 1.50. The maximum Gasteiger partial charge on any atom is 0.331 e. The molecule has 3 rings (SSSR count). The van der Waals surface area contributed by atoms with Crippen LogP contribution in [0.2, 0.25) is 0 Å². The van der Waals surface area contributed by atoms with Crippen LogP contribution < -0.4 is 10.1 Å². The van der Waals surface area contributed by atoms with Gasteiger partial charge in [0.25, 0.3) is 5.91 Å². The van der Waals surface area contributed by atoms with Crippen LogP contribution in [0.5, 0.6) is 5.75 Å². The number of hydrogen-bond acceptors (Lipinski definition) is 7. The third-order valence-corrected chi connectivity index (χ3v) is 6.62. The zero-order valence-corrected chi connectivity index (χ0v) is 19.0. The molecule has 176 valence electrons. The number of rotatable bonds is 9. The van der Waals surface area contributed by atoms with Crippen molar-refractivity contribution in [2.24, 2.45) is 0 Å². The standard InChI is InChI=1S/C23H26N2O7S/c1-2-31-21-6-4-3-5-18(21)7-12-23(27)32-17-22(26)24-19-8-10-20(11-9-19)33(28,29)25-13-15-30-16-14-25/h3-12H,2,13-17H2,1H3,(H,24,26)/b12-7+. The quantitative estimate of drug-likeness (QED) is 0.438. The molecule has 1 saturated heterocycles. The molecule has 0 spiro atoms. The Morgan fingerprint density at radius 1 is 1.09 bits per heavy atom. The van der Waals surface area contributed by atoms with Crippen molar-refractivity contribution >= 4 is 33.7 Å². The smallest absolute Gasteiger partial charge is 0.331 e. The molecule has 2 aromatic rings. The molecule has 1 heterocycles. The van der Waals surface area contributed by atoms with Gasteiger partial charge >= 0.3 is 5.97 Å². The summed E-state index contributed by atoms with van der Waals surface area (Å²) in [6, 6.07) is 13.0. The summed E-state index contributed by atoms with van der Waals surface area (Å²) in [4.78, 5) is 24.2. The molecule has 0 radical (unpaired) electrons. The molecule has 1 N–H and O–H groups in total. The van der Waals surface area contributed by atoms with E-state index in [4.69, 9.17) is 14.2 Å². The van der Waals surface area contributed by atoms with Gasteiger partial charge in [0.05, 0.1) is 24.7 Å². The number of carbonyl (C=O) groups excluding carboxylic acids is 2. The Morgan fingerprint density at radius 2 is 1.79 bits per heavy atom. The lowest BCUT2D eigenvalue weighted by atomic mass is 10.2. The summed E-state index contributed by atoms with van der Waals surface area (Å²) in [5, 5.41) is 2.57. The molecular weight excluding hydrogens is 448 g/mol. The highest BCUT2D eigenvalue weighted by atomic mass is 32.2. The molecule has 0 unspecified atom stereocenters. The van der Waals surface area contributed by atoms with Gasteiger partial charge in [0.15, 0.2) is 6.61 Å². The van der Waals surface area contributed by atoms with Crippen LogP contribution in [-0.2, 0) is 29.1 Å². The fourth-order valence-electron chi connectivity index (χ4n) is 3.09. The number of para-hydroxylation sites is 1. The highest BCUT2D eigenvalue weighted by molar-refractivity contribution is 7.89. The molecule has 0 aromatic heterocycles. The summed E-state index contributed by atoms with van der Waals surface area (Å²) in [5.74, 6) is -0.584. The van der Waals surface area contributed by atoms with E-state index in [0.717, 1.165) is 0 Å². The van der Waals surface area contributed by atoms with Gasteiger partial charge in [-0.1, -0.05) is 18.2 Å². The molecular formula is C23H26N2O7S. The summed E-state index contributed by atoms with van der Waals surface area (Å²) in [5.41, 5.74) is 1.10. The Labute approximate surface area is 193 Å². The van der Waals surface area contributed by atoms with Crippen molar-refractivity contribution in [3.8, 4) is 5.75 Å². The predicted molar refractivity (Wildman–Crippen MR) is 122 cm³/mol. The number of anilines is 1. The molecule has 0 atom stereocenters. The molecule has 0 aliphatic carbocycles. The highest BCUT2D eigenvalue weighted by Gasteiger charge is 2.26. The first-order valence-corrected chi connectivity index (χ1v) is 11.9. The van der Waals surface area contributed by atoms with Gasteiger partial charge in [-0.25, -0.2) is 13.2 Å². The maximum atomic E-state index is 12.6. The average molecular weight is 475 g/mol. The summed E-state index contributed by atoms with van der Waals surface area (Å²) in [6.07, 6.45) is 2.77. The van der Waals surface area contributed by atoms with Crippen molar-refractivity contribution < 1.29 is 32.2 Å². The number of morpholine rings is 1. The number of benzene rings is 2. The molecule has 1 fully saturated rings.